The minimum absolute atomic E-state index is 0.140. The first-order chi connectivity index (χ1) is 8.52. The molecule has 5 nitrogen and oxygen atoms in total. The Morgan fingerprint density at radius 3 is 2.44 bits per heavy atom. The highest BCUT2D eigenvalue weighted by molar-refractivity contribution is 5.73. The Bertz CT molecular complexity index is 286. The Kier molecular flexibility index (Phi) is 5.95. The molecule has 1 aliphatic carbocycles. The summed E-state index contributed by atoms with van der Waals surface area (Å²) in [6, 6.07) is -0.140. The van der Waals surface area contributed by atoms with E-state index in [2.05, 4.69) is 17.6 Å². The van der Waals surface area contributed by atoms with Crippen LogP contribution in [0.3, 0.4) is 0 Å². The summed E-state index contributed by atoms with van der Waals surface area (Å²) in [5, 5.41) is 14.1. The number of urea groups is 1. The third kappa shape index (κ3) is 5.89. The molecule has 0 heterocycles. The molecule has 0 spiro atoms. The number of amides is 2. The van der Waals surface area contributed by atoms with Crippen LogP contribution in [0.4, 0.5) is 4.79 Å². The first-order valence-electron chi connectivity index (χ1n) is 6.75. The molecular formula is C13H24N2O3. The Hall–Kier alpha value is -1.26. The van der Waals surface area contributed by atoms with Crippen LogP contribution in [-0.2, 0) is 4.79 Å². The maximum absolute atomic E-state index is 11.5. The van der Waals surface area contributed by atoms with Gasteiger partial charge in [-0.05, 0) is 31.1 Å². The number of carboxylic acids is 1. The number of nitrogens with one attached hydrogen (secondary N) is 2. The molecule has 0 aromatic carbocycles. The molecule has 3 N–H and O–H groups in total. The third-order valence-electron chi connectivity index (χ3n) is 3.59. The van der Waals surface area contributed by atoms with Gasteiger partial charge in [-0.25, -0.2) is 4.79 Å². The van der Waals surface area contributed by atoms with Crippen LogP contribution in [0.15, 0.2) is 0 Å². The molecule has 5 heteroatoms. The molecule has 0 bridgehead atoms. The topological polar surface area (TPSA) is 78.4 Å². The lowest BCUT2D eigenvalue weighted by Crippen LogP contribution is -2.41. The molecule has 0 saturated heterocycles. The molecule has 1 fully saturated rings. The number of rotatable bonds is 7. The van der Waals surface area contributed by atoms with Gasteiger partial charge < -0.3 is 15.7 Å². The van der Waals surface area contributed by atoms with E-state index in [0.717, 1.165) is 6.54 Å². The van der Waals surface area contributed by atoms with E-state index in [1.165, 1.54) is 25.7 Å². The molecule has 0 radical (unpaired) electrons. The molecule has 0 aromatic heterocycles. The molecule has 0 atom stereocenters. The number of hydrogen-bond acceptors (Lipinski definition) is 2. The largest absolute Gasteiger partial charge is 0.481 e. The zero-order valence-corrected chi connectivity index (χ0v) is 11.1. The van der Waals surface area contributed by atoms with Gasteiger partial charge in [0.1, 0.15) is 0 Å². The number of unbranched alkanes of at least 4 members (excludes halogenated alkanes) is 1. The van der Waals surface area contributed by atoms with Crippen LogP contribution in [0.5, 0.6) is 0 Å². The second-order valence-corrected chi connectivity index (χ2v) is 5.48. The van der Waals surface area contributed by atoms with Crippen LogP contribution in [0.25, 0.3) is 0 Å². The van der Waals surface area contributed by atoms with E-state index >= 15 is 0 Å². The Balaban J connectivity index is 2.02. The van der Waals surface area contributed by atoms with Gasteiger partial charge in [-0.15, -0.1) is 0 Å². The van der Waals surface area contributed by atoms with Crippen molar-refractivity contribution in [1.29, 1.82) is 0 Å². The molecule has 1 saturated carbocycles. The number of carbonyl (C=O) groups is 2. The van der Waals surface area contributed by atoms with Crippen molar-refractivity contribution in [1.82, 2.24) is 10.6 Å². The molecule has 104 valence electrons. The lowest BCUT2D eigenvalue weighted by molar-refractivity contribution is -0.137. The standard InChI is InChI=1S/C13H24N2O3/c1-13(7-3-4-8-13)10-15-12(18)14-9-5-2-6-11(16)17/h2-10H2,1H3,(H,16,17)(H2,14,15,18). The van der Waals surface area contributed by atoms with Gasteiger partial charge in [0.2, 0.25) is 0 Å². The summed E-state index contributed by atoms with van der Waals surface area (Å²) in [4.78, 5) is 21.8. The smallest absolute Gasteiger partial charge is 0.314 e. The van der Waals surface area contributed by atoms with E-state index in [1.54, 1.807) is 0 Å². The lowest BCUT2D eigenvalue weighted by Gasteiger charge is -2.23. The number of carbonyl (C=O) groups excluding carboxylic acids is 1. The summed E-state index contributed by atoms with van der Waals surface area (Å²) in [6.45, 7) is 3.48. The molecular weight excluding hydrogens is 232 g/mol. The first kappa shape index (κ1) is 14.8. The fourth-order valence-corrected chi connectivity index (χ4v) is 2.36. The summed E-state index contributed by atoms with van der Waals surface area (Å²) in [5.74, 6) is -0.784. The van der Waals surface area contributed by atoms with Crippen molar-refractivity contribution < 1.29 is 14.7 Å². The predicted octanol–water partition coefficient (Wildman–Crippen LogP) is 2.12. The van der Waals surface area contributed by atoms with E-state index in [0.29, 0.717) is 19.4 Å². The molecule has 0 aliphatic heterocycles. The highest BCUT2D eigenvalue weighted by Gasteiger charge is 2.28. The normalized spacial score (nSPS) is 17.4. The van der Waals surface area contributed by atoms with Gasteiger partial charge in [0.25, 0.3) is 0 Å². The Morgan fingerprint density at radius 1 is 1.17 bits per heavy atom. The summed E-state index contributed by atoms with van der Waals surface area (Å²) in [6.07, 6.45) is 6.37. The zero-order chi connectivity index (χ0) is 13.4. The van der Waals surface area contributed by atoms with Crippen molar-refractivity contribution in [3.05, 3.63) is 0 Å². The van der Waals surface area contributed by atoms with Gasteiger partial charge in [-0.3, -0.25) is 4.79 Å². The molecule has 1 aliphatic rings. The van der Waals surface area contributed by atoms with Crippen molar-refractivity contribution in [2.75, 3.05) is 13.1 Å². The van der Waals surface area contributed by atoms with Crippen LogP contribution < -0.4 is 10.6 Å². The molecule has 0 unspecified atom stereocenters. The average molecular weight is 256 g/mol. The van der Waals surface area contributed by atoms with Gasteiger partial charge >= 0.3 is 12.0 Å². The van der Waals surface area contributed by atoms with Gasteiger partial charge in [-0.1, -0.05) is 19.8 Å². The van der Waals surface area contributed by atoms with Crippen LogP contribution >= 0.6 is 0 Å². The van der Waals surface area contributed by atoms with Gasteiger partial charge in [0.15, 0.2) is 0 Å². The summed E-state index contributed by atoms with van der Waals surface area (Å²) in [7, 11) is 0. The van der Waals surface area contributed by atoms with Crippen molar-refractivity contribution in [2.24, 2.45) is 5.41 Å². The molecule has 0 aromatic rings. The average Bonchev–Trinajstić information content (AvgIpc) is 2.73. The van der Waals surface area contributed by atoms with E-state index in [-0.39, 0.29) is 17.9 Å². The SMILES string of the molecule is CC1(CNC(=O)NCCCCC(=O)O)CCCC1. The predicted molar refractivity (Wildman–Crippen MR) is 69.5 cm³/mol. The molecule has 2 amide bonds. The Morgan fingerprint density at radius 2 is 1.83 bits per heavy atom. The number of hydrogen-bond donors (Lipinski definition) is 3. The van der Waals surface area contributed by atoms with E-state index in [1.807, 2.05) is 0 Å². The van der Waals surface area contributed by atoms with E-state index in [9.17, 15) is 9.59 Å². The van der Waals surface area contributed by atoms with Crippen molar-refractivity contribution >= 4 is 12.0 Å². The fraction of sp³-hybridized carbons (Fsp3) is 0.846. The van der Waals surface area contributed by atoms with E-state index < -0.39 is 5.97 Å². The van der Waals surface area contributed by atoms with Crippen molar-refractivity contribution in [3.8, 4) is 0 Å². The quantitative estimate of drug-likeness (QED) is 0.610. The minimum atomic E-state index is -0.784. The second kappa shape index (κ2) is 7.24. The van der Waals surface area contributed by atoms with Crippen LogP contribution in [0.2, 0.25) is 0 Å². The van der Waals surface area contributed by atoms with Crippen molar-refractivity contribution in [3.63, 3.8) is 0 Å². The van der Waals surface area contributed by atoms with Crippen molar-refractivity contribution in [2.45, 2.75) is 51.9 Å². The first-order valence-corrected chi connectivity index (χ1v) is 6.75. The maximum atomic E-state index is 11.5. The monoisotopic (exact) mass is 256 g/mol. The summed E-state index contributed by atoms with van der Waals surface area (Å²) < 4.78 is 0. The minimum Gasteiger partial charge on any atom is -0.481 e. The van der Waals surface area contributed by atoms with Gasteiger partial charge in [0.05, 0.1) is 0 Å². The molecule has 18 heavy (non-hydrogen) atoms. The highest BCUT2D eigenvalue weighted by atomic mass is 16.4. The fourth-order valence-electron chi connectivity index (χ4n) is 2.36. The third-order valence-corrected chi connectivity index (χ3v) is 3.59. The van der Waals surface area contributed by atoms with Crippen LogP contribution in [0, 0.1) is 5.41 Å². The molecule has 1 rings (SSSR count). The summed E-state index contributed by atoms with van der Waals surface area (Å²) >= 11 is 0. The second-order valence-electron chi connectivity index (χ2n) is 5.48. The van der Waals surface area contributed by atoms with Gasteiger partial charge in [-0.2, -0.15) is 0 Å². The lowest BCUT2D eigenvalue weighted by atomic mass is 9.89. The summed E-state index contributed by atoms with van der Waals surface area (Å²) in [5.41, 5.74) is 0.265. The van der Waals surface area contributed by atoms with Crippen LogP contribution in [-0.4, -0.2) is 30.2 Å². The number of carboxylic acid groups (broad SMARTS) is 1. The van der Waals surface area contributed by atoms with Crippen LogP contribution in [0.1, 0.15) is 51.9 Å². The maximum Gasteiger partial charge on any atom is 0.314 e. The highest BCUT2D eigenvalue weighted by Crippen LogP contribution is 2.36. The van der Waals surface area contributed by atoms with Gasteiger partial charge in [0, 0.05) is 19.5 Å². The van der Waals surface area contributed by atoms with E-state index in [4.69, 9.17) is 5.11 Å². The number of aliphatic carboxylic acids is 1. The zero-order valence-electron chi connectivity index (χ0n) is 11.1. The Labute approximate surface area is 108 Å².